The van der Waals surface area contributed by atoms with Gasteiger partial charge in [0.2, 0.25) is 0 Å². The molecule has 0 spiro atoms. The lowest BCUT2D eigenvalue weighted by atomic mass is 10.2. The molecule has 1 aliphatic rings. The van der Waals surface area contributed by atoms with Gasteiger partial charge in [-0.3, -0.25) is 4.79 Å². The van der Waals surface area contributed by atoms with Crippen molar-refractivity contribution in [1.82, 2.24) is 39.1 Å². The van der Waals surface area contributed by atoms with Crippen molar-refractivity contribution in [2.45, 2.75) is 37.9 Å². The Morgan fingerprint density at radius 3 is 2.72 bits per heavy atom. The molecule has 12 heteroatoms. The van der Waals surface area contributed by atoms with E-state index in [2.05, 4.69) is 25.3 Å². The van der Waals surface area contributed by atoms with Crippen molar-refractivity contribution < 1.29 is 13.2 Å². The monoisotopic (exact) mass is 492 g/mol. The third-order valence-corrected chi connectivity index (χ3v) is 6.28. The Labute approximate surface area is 201 Å². The van der Waals surface area contributed by atoms with Gasteiger partial charge in [0.15, 0.2) is 11.6 Å². The summed E-state index contributed by atoms with van der Waals surface area (Å²) in [6.45, 7) is 1.04. The normalized spacial score (nSPS) is 14.9. The molecule has 36 heavy (non-hydrogen) atoms. The molecule has 1 atom stereocenters. The second kappa shape index (κ2) is 8.11. The predicted octanol–water partition coefficient (Wildman–Crippen LogP) is 4.23. The van der Waals surface area contributed by atoms with Crippen LogP contribution >= 0.6 is 0 Å². The third-order valence-electron chi connectivity index (χ3n) is 6.28. The van der Waals surface area contributed by atoms with E-state index in [-0.39, 0.29) is 17.3 Å². The number of imidazole rings is 2. The first-order chi connectivity index (χ1) is 17.3. The Hall–Kier alpha value is -4.35. The molecule has 4 heterocycles. The van der Waals surface area contributed by atoms with Crippen molar-refractivity contribution >= 4 is 10.9 Å². The van der Waals surface area contributed by atoms with E-state index in [0.29, 0.717) is 16.8 Å². The number of benzene rings is 1. The number of nitrogens with zero attached hydrogens (tertiary/aromatic N) is 8. The van der Waals surface area contributed by atoms with Gasteiger partial charge < -0.3 is 9.13 Å². The van der Waals surface area contributed by atoms with Gasteiger partial charge in [0.05, 0.1) is 17.4 Å². The summed E-state index contributed by atoms with van der Waals surface area (Å²) in [5.74, 6) is 0.644. The fourth-order valence-electron chi connectivity index (χ4n) is 4.06. The van der Waals surface area contributed by atoms with E-state index in [0.717, 1.165) is 40.4 Å². The Balaban J connectivity index is 1.40. The van der Waals surface area contributed by atoms with Gasteiger partial charge in [-0.1, -0.05) is 11.3 Å². The molecule has 0 radical (unpaired) electrons. The Morgan fingerprint density at radius 2 is 1.94 bits per heavy atom. The molecule has 182 valence electrons. The zero-order chi connectivity index (χ0) is 25.0. The highest BCUT2D eigenvalue weighted by molar-refractivity contribution is 5.79. The zero-order valence-electron chi connectivity index (χ0n) is 19.0. The molecular formula is C24H19F3N8O. The fraction of sp³-hybridized carbons (Fsp3) is 0.250. The molecule has 0 bridgehead atoms. The van der Waals surface area contributed by atoms with Crippen LogP contribution in [0.2, 0.25) is 0 Å². The second-order valence-corrected chi connectivity index (χ2v) is 8.74. The maximum absolute atomic E-state index is 13.4. The molecule has 0 aliphatic heterocycles. The summed E-state index contributed by atoms with van der Waals surface area (Å²) in [5, 5.41) is 8.47. The quantitative estimate of drug-likeness (QED) is 0.364. The highest BCUT2D eigenvalue weighted by Gasteiger charge is 2.38. The van der Waals surface area contributed by atoms with Crippen LogP contribution in [-0.2, 0) is 0 Å². The average Bonchev–Trinajstić information content (AvgIpc) is 3.39. The summed E-state index contributed by atoms with van der Waals surface area (Å²) in [6, 6.07) is 8.09. The van der Waals surface area contributed by atoms with Gasteiger partial charge >= 0.3 is 6.18 Å². The molecule has 6 rings (SSSR count). The minimum absolute atomic E-state index is 0.0253. The largest absolute Gasteiger partial charge is 0.408 e. The lowest BCUT2D eigenvalue weighted by Gasteiger charge is -2.19. The van der Waals surface area contributed by atoms with E-state index in [1.807, 2.05) is 16.8 Å². The van der Waals surface area contributed by atoms with Gasteiger partial charge in [0, 0.05) is 30.2 Å². The van der Waals surface area contributed by atoms with E-state index < -0.39 is 17.8 Å². The van der Waals surface area contributed by atoms with E-state index >= 15 is 0 Å². The number of aromatic nitrogens is 8. The van der Waals surface area contributed by atoms with E-state index in [9.17, 15) is 18.0 Å². The molecule has 1 fully saturated rings. The fourth-order valence-corrected chi connectivity index (χ4v) is 4.06. The van der Waals surface area contributed by atoms with Crippen LogP contribution in [-0.4, -0.2) is 45.3 Å². The molecule has 9 nitrogen and oxygen atoms in total. The van der Waals surface area contributed by atoms with Crippen molar-refractivity contribution in [3.63, 3.8) is 0 Å². The van der Waals surface area contributed by atoms with Crippen molar-refractivity contribution in [2.24, 2.45) is 0 Å². The summed E-state index contributed by atoms with van der Waals surface area (Å²) < 4.78 is 43.8. The average molecular weight is 492 g/mol. The van der Waals surface area contributed by atoms with Crippen LogP contribution in [0.3, 0.4) is 0 Å². The summed E-state index contributed by atoms with van der Waals surface area (Å²) in [6.07, 6.45) is 4.02. The van der Waals surface area contributed by atoms with E-state index in [1.165, 1.54) is 24.5 Å². The molecular weight excluding hydrogens is 473 g/mol. The molecule has 4 aromatic heterocycles. The first kappa shape index (κ1) is 22.1. The minimum Gasteiger partial charge on any atom is -0.318 e. The van der Waals surface area contributed by atoms with Crippen molar-refractivity contribution in [3.05, 3.63) is 77.4 Å². The van der Waals surface area contributed by atoms with Crippen LogP contribution in [0, 0.1) is 0 Å². The van der Waals surface area contributed by atoms with Crippen molar-refractivity contribution in [3.8, 4) is 23.0 Å². The molecule has 0 saturated heterocycles. The SMILES string of the molecule is CC(n1ccnc1-c1cccc(-n2nnc3ccc(-n4cnc(C5CC5)c4)cc3c2=O)n1)C(F)(F)F. The maximum Gasteiger partial charge on any atom is 0.408 e. The molecule has 1 aromatic carbocycles. The third kappa shape index (κ3) is 3.84. The number of rotatable bonds is 5. The lowest BCUT2D eigenvalue weighted by Crippen LogP contribution is -2.25. The van der Waals surface area contributed by atoms with Crippen molar-refractivity contribution in [1.29, 1.82) is 0 Å². The Bertz CT molecular complexity index is 1650. The number of alkyl halides is 3. The number of pyridine rings is 1. The number of fused-ring (bicyclic) bond motifs is 1. The first-order valence-electron chi connectivity index (χ1n) is 11.3. The Morgan fingerprint density at radius 1 is 1.11 bits per heavy atom. The van der Waals surface area contributed by atoms with Crippen LogP contribution < -0.4 is 5.56 Å². The lowest BCUT2D eigenvalue weighted by molar-refractivity contribution is -0.162. The molecule has 0 N–H and O–H groups in total. The van der Waals surface area contributed by atoms with Crippen LogP contribution in [0.25, 0.3) is 33.9 Å². The molecule has 5 aromatic rings. The molecule has 0 amide bonds. The minimum atomic E-state index is -4.46. The van der Waals surface area contributed by atoms with Crippen LogP contribution in [0.15, 0.2) is 66.1 Å². The number of halogens is 3. The standard InChI is InChI=1S/C24H19F3N8O/c1-14(24(25,26)27)34-10-9-28-22(34)19-3-2-4-21(30-19)35-23(36)17-11-16(7-8-18(17)31-32-35)33-12-20(29-13-33)15-5-6-15/h2-4,7-15H,5-6H2,1H3. The van der Waals surface area contributed by atoms with Gasteiger partial charge in [-0.2, -0.15) is 17.9 Å². The Kier molecular flexibility index (Phi) is 4.99. The summed E-state index contributed by atoms with van der Waals surface area (Å²) >= 11 is 0. The van der Waals surface area contributed by atoms with Gasteiger partial charge in [-0.15, -0.1) is 5.10 Å². The van der Waals surface area contributed by atoms with E-state index in [1.54, 1.807) is 24.5 Å². The van der Waals surface area contributed by atoms with Gasteiger partial charge in [-0.05, 0) is 50.1 Å². The summed E-state index contributed by atoms with van der Waals surface area (Å²) in [7, 11) is 0. The second-order valence-electron chi connectivity index (χ2n) is 8.74. The topological polar surface area (TPSA) is 96.3 Å². The first-order valence-corrected chi connectivity index (χ1v) is 11.3. The predicted molar refractivity (Wildman–Crippen MR) is 124 cm³/mol. The smallest absolute Gasteiger partial charge is 0.318 e. The highest BCUT2D eigenvalue weighted by Crippen LogP contribution is 2.39. The zero-order valence-corrected chi connectivity index (χ0v) is 19.0. The number of hydrogen-bond donors (Lipinski definition) is 0. The van der Waals surface area contributed by atoms with Crippen LogP contribution in [0.5, 0.6) is 0 Å². The molecule has 1 aliphatic carbocycles. The van der Waals surface area contributed by atoms with Gasteiger partial charge in [0.25, 0.3) is 5.56 Å². The molecule has 1 unspecified atom stereocenters. The molecule has 1 saturated carbocycles. The maximum atomic E-state index is 13.4. The highest BCUT2D eigenvalue weighted by atomic mass is 19.4. The van der Waals surface area contributed by atoms with Gasteiger partial charge in [0.1, 0.15) is 17.3 Å². The van der Waals surface area contributed by atoms with E-state index in [4.69, 9.17) is 0 Å². The summed E-state index contributed by atoms with van der Waals surface area (Å²) in [5.41, 5.74) is 1.90. The van der Waals surface area contributed by atoms with Gasteiger partial charge in [-0.25, -0.2) is 15.0 Å². The van der Waals surface area contributed by atoms with Crippen LogP contribution in [0.1, 0.15) is 37.4 Å². The summed E-state index contributed by atoms with van der Waals surface area (Å²) in [4.78, 5) is 26.3. The van der Waals surface area contributed by atoms with Crippen molar-refractivity contribution in [2.75, 3.05) is 0 Å². The number of hydrogen-bond acceptors (Lipinski definition) is 6. The van der Waals surface area contributed by atoms with Crippen LogP contribution in [0.4, 0.5) is 13.2 Å².